The van der Waals surface area contributed by atoms with Crippen LogP contribution in [0.1, 0.15) is 15.4 Å². The summed E-state index contributed by atoms with van der Waals surface area (Å²) >= 11 is 1.08. The van der Waals surface area contributed by atoms with Crippen molar-refractivity contribution in [1.82, 2.24) is 14.5 Å². The summed E-state index contributed by atoms with van der Waals surface area (Å²) in [5.74, 6) is 0.275. The van der Waals surface area contributed by atoms with E-state index < -0.39 is 0 Å². The number of hydrogen-bond acceptors (Lipinski definition) is 6. The molecule has 0 radical (unpaired) electrons. The SMILES string of the molecule is COc1cccc(NC(=O)C2CN(C(=O)c3snnc3C)C2)c1. The molecule has 0 aliphatic carbocycles. The molecule has 1 saturated heterocycles. The molecule has 1 aliphatic rings. The number of aromatic nitrogens is 2. The Morgan fingerprint density at radius 1 is 1.39 bits per heavy atom. The first-order valence-corrected chi connectivity index (χ1v) is 7.89. The number of nitrogens with one attached hydrogen (secondary N) is 1. The quantitative estimate of drug-likeness (QED) is 0.918. The molecule has 2 amide bonds. The fourth-order valence-electron chi connectivity index (χ4n) is 2.33. The summed E-state index contributed by atoms with van der Waals surface area (Å²) in [6.45, 7) is 2.57. The van der Waals surface area contributed by atoms with Crippen LogP contribution in [-0.2, 0) is 4.79 Å². The van der Waals surface area contributed by atoms with Crippen molar-refractivity contribution in [3.8, 4) is 5.75 Å². The van der Waals surface area contributed by atoms with Crippen LogP contribution in [0.25, 0.3) is 0 Å². The molecule has 1 aliphatic heterocycles. The van der Waals surface area contributed by atoms with E-state index in [2.05, 4.69) is 14.9 Å². The molecule has 1 N–H and O–H groups in total. The highest BCUT2D eigenvalue weighted by atomic mass is 32.1. The molecule has 23 heavy (non-hydrogen) atoms. The van der Waals surface area contributed by atoms with Crippen molar-refractivity contribution >= 4 is 29.0 Å². The maximum atomic E-state index is 12.2. The van der Waals surface area contributed by atoms with Gasteiger partial charge in [0.05, 0.1) is 18.7 Å². The Morgan fingerprint density at radius 2 is 2.17 bits per heavy atom. The number of benzene rings is 1. The second-order valence-corrected chi connectivity index (χ2v) is 6.07. The van der Waals surface area contributed by atoms with Crippen LogP contribution in [0.3, 0.4) is 0 Å². The molecular weight excluding hydrogens is 316 g/mol. The van der Waals surface area contributed by atoms with Crippen molar-refractivity contribution in [1.29, 1.82) is 0 Å². The number of rotatable bonds is 4. The minimum Gasteiger partial charge on any atom is -0.497 e. The van der Waals surface area contributed by atoms with Gasteiger partial charge in [-0.25, -0.2) is 0 Å². The molecule has 2 aromatic rings. The van der Waals surface area contributed by atoms with E-state index in [0.717, 1.165) is 11.5 Å². The van der Waals surface area contributed by atoms with Crippen molar-refractivity contribution in [3.05, 3.63) is 34.8 Å². The van der Waals surface area contributed by atoms with Gasteiger partial charge in [-0.3, -0.25) is 9.59 Å². The van der Waals surface area contributed by atoms with Crippen LogP contribution in [0.5, 0.6) is 5.75 Å². The molecule has 0 saturated carbocycles. The van der Waals surface area contributed by atoms with Gasteiger partial charge < -0.3 is 15.0 Å². The molecule has 0 spiro atoms. The second-order valence-electron chi connectivity index (χ2n) is 5.32. The lowest BCUT2D eigenvalue weighted by atomic mass is 9.98. The summed E-state index contributed by atoms with van der Waals surface area (Å²) in [5, 5.41) is 6.68. The summed E-state index contributed by atoms with van der Waals surface area (Å²) in [5.41, 5.74) is 1.31. The van der Waals surface area contributed by atoms with Gasteiger partial charge in [-0.05, 0) is 30.6 Å². The zero-order valence-electron chi connectivity index (χ0n) is 12.8. The summed E-state index contributed by atoms with van der Waals surface area (Å²) in [6, 6.07) is 7.18. The van der Waals surface area contributed by atoms with Crippen LogP contribution in [0.2, 0.25) is 0 Å². The molecule has 1 aromatic carbocycles. The van der Waals surface area contributed by atoms with E-state index in [9.17, 15) is 9.59 Å². The van der Waals surface area contributed by atoms with E-state index >= 15 is 0 Å². The molecule has 1 aromatic heterocycles. The van der Waals surface area contributed by atoms with Crippen molar-refractivity contribution in [3.63, 3.8) is 0 Å². The Labute approximate surface area is 137 Å². The molecule has 0 unspecified atom stereocenters. The first-order chi connectivity index (χ1) is 11.1. The summed E-state index contributed by atoms with van der Waals surface area (Å²) in [4.78, 5) is 26.6. The van der Waals surface area contributed by atoms with Crippen LogP contribution in [0, 0.1) is 12.8 Å². The second kappa shape index (κ2) is 6.33. The smallest absolute Gasteiger partial charge is 0.267 e. The van der Waals surface area contributed by atoms with Gasteiger partial charge in [-0.1, -0.05) is 10.6 Å². The fourth-order valence-corrected chi connectivity index (χ4v) is 2.95. The topological polar surface area (TPSA) is 84.4 Å². The maximum absolute atomic E-state index is 12.2. The zero-order valence-corrected chi connectivity index (χ0v) is 13.6. The van der Waals surface area contributed by atoms with E-state index in [1.54, 1.807) is 31.1 Å². The van der Waals surface area contributed by atoms with E-state index in [1.807, 2.05) is 12.1 Å². The standard InChI is InChI=1S/C15H16N4O3S/c1-9-13(23-18-17-9)15(21)19-7-10(8-19)14(20)16-11-4-3-5-12(6-11)22-2/h3-6,10H,7-8H2,1-2H3,(H,16,20). The number of likely N-dealkylation sites (tertiary alicyclic amines) is 1. The molecule has 7 nitrogen and oxygen atoms in total. The van der Waals surface area contributed by atoms with Crippen LogP contribution in [0.4, 0.5) is 5.69 Å². The van der Waals surface area contributed by atoms with Crippen LogP contribution >= 0.6 is 11.5 Å². The molecule has 0 bridgehead atoms. The van der Waals surface area contributed by atoms with Gasteiger partial charge in [0, 0.05) is 24.8 Å². The third-order valence-corrected chi connectivity index (χ3v) is 4.54. The largest absolute Gasteiger partial charge is 0.497 e. The first kappa shape index (κ1) is 15.4. The predicted octanol–water partition coefficient (Wildman–Crippen LogP) is 1.57. The average Bonchev–Trinajstić information content (AvgIpc) is 2.92. The van der Waals surface area contributed by atoms with E-state index in [1.165, 1.54) is 0 Å². The van der Waals surface area contributed by atoms with Gasteiger partial charge in [0.2, 0.25) is 5.91 Å². The number of amides is 2. The fraction of sp³-hybridized carbons (Fsp3) is 0.333. The lowest BCUT2D eigenvalue weighted by Gasteiger charge is -2.37. The lowest BCUT2D eigenvalue weighted by Crippen LogP contribution is -2.54. The van der Waals surface area contributed by atoms with Gasteiger partial charge in [-0.2, -0.15) is 0 Å². The minimum absolute atomic E-state index is 0.0959. The summed E-state index contributed by atoms with van der Waals surface area (Å²) < 4.78 is 8.89. The van der Waals surface area contributed by atoms with E-state index in [4.69, 9.17) is 4.74 Å². The molecule has 2 heterocycles. The third kappa shape index (κ3) is 3.16. The highest BCUT2D eigenvalue weighted by Crippen LogP contribution is 2.23. The average molecular weight is 332 g/mol. The Kier molecular flexibility index (Phi) is 4.24. The minimum atomic E-state index is -0.202. The first-order valence-electron chi connectivity index (χ1n) is 7.11. The molecule has 120 valence electrons. The Bertz CT molecular complexity index is 740. The van der Waals surface area contributed by atoms with Crippen LogP contribution in [-0.4, -0.2) is 46.5 Å². The van der Waals surface area contributed by atoms with Gasteiger partial charge in [0.25, 0.3) is 5.91 Å². The molecule has 8 heteroatoms. The number of nitrogens with zero attached hydrogens (tertiary/aromatic N) is 3. The van der Waals surface area contributed by atoms with E-state index in [-0.39, 0.29) is 17.7 Å². The maximum Gasteiger partial charge on any atom is 0.267 e. The van der Waals surface area contributed by atoms with Gasteiger partial charge >= 0.3 is 0 Å². The highest BCUT2D eigenvalue weighted by Gasteiger charge is 2.37. The van der Waals surface area contributed by atoms with E-state index in [0.29, 0.717) is 35.1 Å². The zero-order chi connectivity index (χ0) is 16.4. The third-order valence-electron chi connectivity index (χ3n) is 3.72. The number of carbonyl (C=O) groups excluding carboxylic acids is 2. The van der Waals surface area contributed by atoms with Crippen LogP contribution < -0.4 is 10.1 Å². The van der Waals surface area contributed by atoms with Gasteiger partial charge in [0.1, 0.15) is 10.6 Å². The molecule has 1 fully saturated rings. The normalized spacial score (nSPS) is 14.3. The summed E-state index contributed by atoms with van der Waals surface area (Å²) in [7, 11) is 1.58. The lowest BCUT2D eigenvalue weighted by molar-refractivity contribution is -0.123. The van der Waals surface area contributed by atoms with Gasteiger partial charge in [0.15, 0.2) is 0 Å². The number of aryl methyl sites for hydroxylation is 1. The van der Waals surface area contributed by atoms with Crippen molar-refractivity contribution in [2.75, 3.05) is 25.5 Å². The monoisotopic (exact) mass is 332 g/mol. The Morgan fingerprint density at radius 3 is 2.83 bits per heavy atom. The number of methoxy groups -OCH3 is 1. The van der Waals surface area contributed by atoms with Crippen molar-refractivity contribution in [2.45, 2.75) is 6.92 Å². The highest BCUT2D eigenvalue weighted by molar-refractivity contribution is 7.07. The molecule has 3 rings (SSSR count). The van der Waals surface area contributed by atoms with Crippen molar-refractivity contribution in [2.24, 2.45) is 5.92 Å². The Hall–Kier alpha value is -2.48. The molecule has 0 atom stereocenters. The molecular formula is C15H16N4O3S. The number of ether oxygens (including phenoxy) is 1. The van der Waals surface area contributed by atoms with Crippen molar-refractivity contribution < 1.29 is 14.3 Å². The number of anilines is 1. The Balaban J connectivity index is 1.55. The predicted molar refractivity (Wildman–Crippen MR) is 85.7 cm³/mol. The van der Waals surface area contributed by atoms with Crippen LogP contribution in [0.15, 0.2) is 24.3 Å². The van der Waals surface area contributed by atoms with Gasteiger partial charge in [-0.15, -0.1) is 5.10 Å². The number of hydrogen-bond donors (Lipinski definition) is 1. The number of carbonyl (C=O) groups is 2. The summed E-state index contributed by atoms with van der Waals surface area (Å²) in [6.07, 6.45) is 0.